The van der Waals surface area contributed by atoms with E-state index in [1.165, 1.54) is 30.3 Å². The van der Waals surface area contributed by atoms with Crippen molar-refractivity contribution in [2.75, 3.05) is 12.3 Å². The third-order valence-electron chi connectivity index (χ3n) is 3.38. The van der Waals surface area contributed by atoms with E-state index >= 15 is 0 Å². The van der Waals surface area contributed by atoms with Crippen LogP contribution < -0.4 is 0 Å². The highest BCUT2D eigenvalue weighted by molar-refractivity contribution is 8.00. The van der Waals surface area contributed by atoms with Crippen molar-refractivity contribution in [1.29, 1.82) is 0 Å². The minimum Gasteiger partial charge on any atom is -0.392 e. The average molecular weight is 271 g/mol. The molecule has 0 aromatic rings. The van der Waals surface area contributed by atoms with E-state index in [1.54, 1.807) is 6.92 Å². The molecule has 1 aliphatic rings. The zero-order valence-corrected chi connectivity index (χ0v) is 12.5. The molecule has 0 aromatic carbocycles. The quantitative estimate of drug-likeness (QED) is 0.807. The summed E-state index contributed by atoms with van der Waals surface area (Å²) in [5, 5.41) is 9.53. The largest absolute Gasteiger partial charge is 0.392 e. The van der Waals surface area contributed by atoms with Crippen molar-refractivity contribution >= 4 is 17.7 Å². The molecule has 0 bridgehead atoms. The molecule has 0 radical (unpaired) electrons. The highest BCUT2D eigenvalue weighted by Crippen LogP contribution is 2.22. The summed E-state index contributed by atoms with van der Waals surface area (Å²) in [7, 11) is 0. The number of hydrogen-bond donors (Lipinski definition) is 1. The zero-order chi connectivity index (χ0) is 13.5. The molecule has 4 heteroatoms. The average Bonchev–Trinajstić information content (AvgIpc) is 2.38. The first-order valence-corrected chi connectivity index (χ1v) is 7.90. The van der Waals surface area contributed by atoms with Gasteiger partial charge in [0, 0.05) is 17.5 Å². The molecule has 1 rings (SSSR count). The highest BCUT2D eigenvalue weighted by Gasteiger charge is 2.19. The van der Waals surface area contributed by atoms with Crippen molar-refractivity contribution in [3.63, 3.8) is 0 Å². The van der Waals surface area contributed by atoms with Gasteiger partial charge < -0.3 is 10.0 Å². The number of carbonyl (C=O) groups is 1. The molecule has 0 aromatic heterocycles. The molecule has 1 aliphatic carbocycles. The third-order valence-corrected chi connectivity index (χ3v) is 4.71. The molecule has 1 N–H and O–H groups in total. The first-order valence-electron chi connectivity index (χ1n) is 6.85. The van der Waals surface area contributed by atoms with Gasteiger partial charge in [0.15, 0.2) is 0 Å². The van der Waals surface area contributed by atoms with Gasteiger partial charge >= 0.3 is 0 Å². The van der Waals surface area contributed by atoms with E-state index in [1.807, 2.05) is 18.7 Å². The van der Waals surface area contributed by atoms with Crippen molar-refractivity contribution in [2.24, 2.45) is 0 Å². The molecule has 0 aliphatic heterocycles. The molecule has 2 unspecified atom stereocenters. The maximum Gasteiger partial charge on any atom is 0.236 e. The SMILES string of the molecule is CCN(C(=O)CSC(C)C(C)O)C1=CCCCC1. The zero-order valence-electron chi connectivity index (χ0n) is 11.7. The summed E-state index contributed by atoms with van der Waals surface area (Å²) < 4.78 is 0. The summed E-state index contributed by atoms with van der Waals surface area (Å²) in [6.45, 7) is 6.49. The lowest BCUT2D eigenvalue weighted by Crippen LogP contribution is -2.33. The second kappa shape index (κ2) is 7.85. The van der Waals surface area contributed by atoms with Crippen LogP contribution in [0.3, 0.4) is 0 Å². The Labute approximate surface area is 115 Å². The second-order valence-corrected chi connectivity index (χ2v) is 6.20. The summed E-state index contributed by atoms with van der Waals surface area (Å²) >= 11 is 1.53. The standard InChI is InChI=1S/C14H25NO2S/c1-4-15(13-8-6-5-7-9-13)14(17)10-18-12(3)11(2)16/h8,11-12,16H,4-7,9-10H2,1-3H3. The smallest absolute Gasteiger partial charge is 0.236 e. The van der Waals surface area contributed by atoms with Crippen LogP contribution in [0.2, 0.25) is 0 Å². The summed E-state index contributed by atoms with van der Waals surface area (Å²) in [6, 6.07) is 0. The van der Waals surface area contributed by atoms with Gasteiger partial charge in [-0.25, -0.2) is 0 Å². The van der Waals surface area contributed by atoms with Crippen LogP contribution in [-0.4, -0.2) is 39.6 Å². The van der Waals surface area contributed by atoms with Crippen molar-refractivity contribution < 1.29 is 9.90 Å². The number of nitrogens with zero attached hydrogens (tertiary/aromatic N) is 1. The lowest BCUT2D eigenvalue weighted by Gasteiger charge is -2.27. The molecule has 0 saturated carbocycles. The van der Waals surface area contributed by atoms with Gasteiger partial charge in [0.25, 0.3) is 0 Å². The third kappa shape index (κ3) is 4.65. The Morgan fingerprint density at radius 2 is 2.22 bits per heavy atom. The Morgan fingerprint density at radius 3 is 2.72 bits per heavy atom. The number of amides is 1. The highest BCUT2D eigenvalue weighted by atomic mass is 32.2. The number of carbonyl (C=O) groups excluding carboxylic acids is 1. The number of hydrogen-bond acceptors (Lipinski definition) is 3. The fourth-order valence-corrected chi connectivity index (χ4v) is 2.87. The van der Waals surface area contributed by atoms with Crippen molar-refractivity contribution in [2.45, 2.75) is 57.8 Å². The van der Waals surface area contributed by atoms with E-state index in [0.29, 0.717) is 5.75 Å². The Bertz CT molecular complexity index is 302. The Morgan fingerprint density at radius 1 is 1.50 bits per heavy atom. The summed E-state index contributed by atoms with van der Waals surface area (Å²) in [4.78, 5) is 14.1. The molecule has 0 saturated heterocycles. The van der Waals surface area contributed by atoms with E-state index in [2.05, 4.69) is 6.08 Å². The van der Waals surface area contributed by atoms with E-state index in [0.717, 1.165) is 19.4 Å². The van der Waals surface area contributed by atoms with Crippen LogP contribution in [0.25, 0.3) is 0 Å². The summed E-state index contributed by atoms with van der Waals surface area (Å²) in [5.41, 5.74) is 1.19. The predicted octanol–water partition coefficient (Wildman–Crippen LogP) is 2.80. The van der Waals surface area contributed by atoms with Gasteiger partial charge in [-0.3, -0.25) is 4.79 Å². The number of thioether (sulfide) groups is 1. The Hall–Kier alpha value is -0.480. The molecule has 0 fully saturated rings. The lowest BCUT2D eigenvalue weighted by molar-refractivity contribution is -0.126. The molecule has 18 heavy (non-hydrogen) atoms. The van der Waals surface area contributed by atoms with Crippen LogP contribution in [-0.2, 0) is 4.79 Å². The van der Waals surface area contributed by atoms with Crippen LogP contribution in [0.5, 0.6) is 0 Å². The minimum atomic E-state index is -0.369. The van der Waals surface area contributed by atoms with Gasteiger partial charge in [0.2, 0.25) is 5.91 Å². The first kappa shape index (κ1) is 15.6. The molecule has 3 nitrogen and oxygen atoms in total. The number of aliphatic hydroxyl groups is 1. The van der Waals surface area contributed by atoms with Crippen LogP contribution in [0.15, 0.2) is 11.8 Å². The van der Waals surface area contributed by atoms with Crippen LogP contribution in [0.1, 0.15) is 46.5 Å². The van der Waals surface area contributed by atoms with Gasteiger partial charge in [-0.2, -0.15) is 0 Å². The Kier molecular flexibility index (Phi) is 6.79. The summed E-state index contributed by atoms with van der Waals surface area (Å²) in [5.74, 6) is 0.625. The maximum atomic E-state index is 12.2. The van der Waals surface area contributed by atoms with Gasteiger partial charge in [0.05, 0.1) is 11.9 Å². The first-order chi connectivity index (χ1) is 8.56. The van der Waals surface area contributed by atoms with E-state index in [4.69, 9.17) is 0 Å². The molecule has 1 amide bonds. The van der Waals surface area contributed by atoms with Crippen LogP contribution in [0, 0.1) is 0 Å². The second-order valence-electron chi connectivity index (χ2n) is 4.84. The number of rotatable bonds is 6. The van der Waals surface area contributed by atoms with Crippen molar-refractivity contribution in [3.8, 4) is 0 Å². The Balaban J connectivity index is 2.49. The minimum absolute atomic E-state index is 0.105. The van der Waals surface area contributed by atoms with Gasteiger partial charge in [-0.15, -0.1) is 11.8 Å². The van der Waals surface area contributed by atoms with E-state index in [9.17, 15) is 9.90 Å². The number of allylic oxidation sites excluding steroid dienone is 2. The van der Waals surface area contributed by atoms with Gasteiger partial charge in [0.1, 0.15) is 0 Å². The molecule has 2 atom stereocenters. The van der Waals surface area contributed by atoms with Gasteiger partial charge in [-0.1, -0.05) is 13.0 Å². The fraction of sp³-hybridized carbons (Fsp3) is 0.786. The summed E-state index contributed by atoms with van der Waals surface area (Å²) in [6.07, 6.45) is 6.38. The fourth-order valence-electron chi connectivity index (χ4n) is 2.03. The maximum absolute atomic E-state index is 12.2. The lowest BCUT2D eigenvalue weighted by atomic mass is 10.0. The normalized spacial score (nSPS) is 19.0. The van der Waals surface area contributed by atoms with Crippen molar-refractivity contribution in [3.05, 3.63) is 11.8 Å². The van der Waals surface area contributed by atoms with Gasteiger partial charge in [-0.05, 0) is 39.5 Å². The molecule has 0 heterocycles. The topological polar surface area (TPSA) is 40.5 Å². The monoisotopic (exact) mass is 271 g/mol. The van der Waals surface area contributed by atoms with Crippen LogP contribution >= 0.6 is 11.8 Å². The molecule has 0 spiro atoms. The van der Waals surface area contributed by atoms with E-state index < -0.39 is 0 Å². The van der Waals surface area contributed by atoms with E-state index in [-0.39, 0.29) is 17.3 Å². The number of aliphatic hydroxyl groups excluding tert-OH is 1. The molecular formula is C14H25NO2S. The van der Waals surface area contributed by atoms with Crippen molar-refractivity contribution in [1.82, 2.24) is 4.90 Å². The molecule has 104 valence electrons. The predicted molar refractivity (Wildman–Crippen MR) is 77.5 cm³/mol. The molecular weight excluding hydrogens is 246 g/mol. The van der Waals surface area contributed by atoms with Crippen LogP contribution in [0.4, 0.5) is 0 Å².